The van der Waals surface area contributed by atoms with Gasteiger partial charge in [-0.25, -0.2) is 4.39 Å². The Hall–Kier alpha value is -3.19. The summed E-state index contributed by atoms with van der Waals surface area (Å²) >= 11 is 1.22. The molecule has 5 nitrogen and oxygen atoms in total. The summed E-state index contributed by atoms with van der Waals surface area (Å²) in [6.45, 7) is 5.76. The summed E-state index contributed by atoms with van der Waals surface area (Å²) in [6, 6.07) is 11.4. The maximum absolute atomic E-state index is 13.0. The first-order chi connectivity index (χ1) is 14.7. The number of rotatable bonds is 6. The number of ether oxygens (including phenoxy) is 2. The number of aromatic nitrogens is 1. The molecule has 0 saturated carbocycles. The number of ketones is 1. The highest BCUT2D eigenvalue weighted by Gasteiger charge is 2.18. The van der Waals surface area contributed by atoms with Crippen molar-refractivity contribution in [3.05, 3.63) is 79.0 Å². The Morgan fingerprint density at radius 1 is 1.13 bits per heavy atom. The van der Waals surface area contributed by atoms with E-state index in [4.69, 9.17) is 9.47 Å². The average molecular weight is 442 g/mol. The van der Waals surface area contributed by atoms with E-state index in [1.807, 2.05) is 26.8 Å². The summed E-state index contributed by atoms with van der Waals surface area (Å²) in [5, 5.41) is 0. The lowest BCUT2D eigenvalue weighted by atomic mass is 9.91. The zero-order valence-electron chi connectivity index (χ0n) is 17.8. The number of carbonyl (C=O) groups excluding carboxylic acids is 1. The van der Waals surface area contributed by atoms with Gasteiger partial charge in [-0.2, -0.15) is 0 Å². The fraction of sp³-hybridized carbons (Fsp3) is 0.250. The molecule has 0 radical (unpaired) electrons. The molecule has 0 unspecified atom stereocenters. The third kappa shape index (κ3) is 5.92. The predicted molar refractivity (Wildman–Crippen MR) is 120 cm³/mol. The summed E-state index contributed by atoms with van der Waals surface area (Å²) < 4.78 is 25.2. The molecule has 3 rings (SSSR count). The molecule has 0 amide bonds. The number of hydrogen-bond donors (Lipinski definition) is 1. The van der Waals surface area contributed by atoms with Crippen molar-refractivity contribution in [3.63, 3.8) is 0 Å². The van der Waals surface area contributed by atoms with E-state index in [2.05, 4.69) is 4.98 Å². The first kappa shape index (κ1) is 22.5. The third-order valence-corrected chi connectivity index (χ3v) is 5.44. The SMILES string of the molecule is COc1cc(/C=c2/s/c(=C/C(=O)C(C)(C)C)[nH]c2=O)ccc1OCc1ccc(F)cc1. The van der Waals surface area contributed by atoms with Gasteiger partial charge in [0.1, 0.15) is 12.4 Å². The lowest BCUT2D eigenvalue weighted by Crippen LogP contribution is -2.22. The summed E-state index contributed by atoms with van der Waals surface area (Å²) in [5.74, 6) is 0.696. The summed E-state index contributed by atoms with van der Waals surface area (Å²) in [6.07, 6.45) is 3.20. The van der Waals surface area contributed by atoms with Gasteiger partial charge in [0.15, 0.2) is 17.3 Å². The Morgan fingerprint density at radius 3 is 2.48 bits per heavy atom. The number of thiazole rings is 1. The molecular formula is C24H24FNO4S. The van der Waals surface area contributed by atoms with Crippen molar-refractivity contribution in [1.29, 1.82) is 0 Å². The normalized spacial score (nSPS) is 12.8. The van der Waals surface area contributed by atoms with Crippen LogP contribution in [-0.4, -0.2) is 17.9 Å². The van der Waals surface area contributed by atoms with Crippen molar-refractivity contribution < 1.29 is 18.7 Å². The molecule has 0 spiro atoms. The standard InChI is InChI=1S/C24H24FNO4S/c1-24(2,3)21(27)13-22-26-23(28)20(31-22)12-16-7-10-18(19(11-16)29-4)30-14-15-5-8-17(25)9-6-15/h5-13H,14H2,1-4H3,(H,26,28)/b20-12+,22-13+. The van der Waals surface area contributed by atoms with E-state index in [-0.39, 0.29) is 23.8 Å². The smallest absolute Gasteiger partial charge is 0.266 e. The monoisotopic (exact) mass is 441 g/mol. The van der Waals surface area contributed by atoms with E-state index in [0.717, 1.165) is 11.1 Å². The van der Waals surface area contributed by atoms with Gasteiger partial charge in [0.25, 0.3) is 5.56 Å². The van der Waals surface area contributed by atoms with Gasteiger partial charge in [0, 0.05) is 11.5 Å². The largest absolute Gasteiger partial charge is 0.493 e. The topological polar surface area (TPSA) is 68.4 Å². The average Bonchev–Trinajstić information content (AvgIpc) is 3.06. The Bertz CT molecular complexity index is 1250. The molecule has 0 aliphatic rings. The second-order valence-corrected chi connectivity index (χ2v) is 9.10. The van der Waals surface area contributed by atoms with Crippen LogP contribution in [0.3, 0.4) is 0 Å². The van der Waals surface area contributed by atoms with Gasteiger partial charge in [0.2, 0.25) is 0 Å². The van der Waals surface area contributed by atoms with Gasteiger partial charge in [-0.05, 0) is 41.5 Å². The number of hydrogen-bond acceptors (Lipinski definition) is 5. The Balaban J connectivity index is 1.85. The Morgan fingerprint density at radius 2 is 1.84 bits per heavy atom. The molecule has 0 saturated heterocycles. The molecule has 1 aromatic heterocycles. The summed E-state index contributed by atoms with van der Waals surface area (Å²) in [7, 11) is 1.53. The van der Waals surface area contributed by atoms with Gasteiger partial charge in [-0.15, -0.1) is 11.3 Å². The van der Waals surface area contributed by atoms with Crippen LogP contribution in [0.5, 0.6) is 11.5 Å². The van der Waals surface area contributed by atoms with Gasteiger partial charge in [0.05, 0.1) is 16.3 Å². The number of nitrogens with one attached hydrogen (secondary N) is 1. The zero-order valence-corrected chi connectivity index (χ0v) is 18.6. The maximum Gasteiger partial charge on any atom is 0.266 e. The molecule has 0 fully saturated rings. The van der Waals surface area contributed by atoms with E-state index in [1.54, 1.807) is 30.3 Å². The second-order valence-electron chi connectivity index (χ2n) is 8.01. The van der Waals surface area contributed by atoms with Crippen LogP contribution in [0.2, 0.25) is 0 Å². The van der Waals surface area contributed by atoms with Crippen molar-refractivity contribution in [2.24, 2.45) is 5.41 Å². The maximum atomic E-state index is 13.0. The Kier molecular flexibility index (Phi) is 6.75. The van der Waals surface area contributed by atoms with Crippen molar-refractivity contribution in [1.82, 2.24) is 4.98 Å². The van der Waals surface area contributed by atoms with E-state index in [0.29, 0.717) is 20.7 Å². The van der Waals surface area contributed by atoms with E-state index in [1.165, 1.54) is 36.7 Å². The van der Waals surface area contributed by atoms with Crippen LogP contribution in [-0.2, 0) is 11.4 Å². The van der Waals surface area contributed by atoms with Crippen molar-refractivity contribution in [3.8, 4) is 11.5 Å². The van der Waals surface area contributed by atoms with E-state index in [9.17, 15) is 14.0 Å². The molecule has 0 bridgehead atoms. The highest BCUT2D eigenvalue weighted by Crippen LogP contribution is 2.29. The molecule has 1 N–H and O–H groups in total. The summed E-state index contributed by atoms with van der Waals surface area (Å²) in [4.78, 5) is 27.2. The minimum absolute atomic E-state index is 0.0547. The molecule has 3 aromatic rings. The number of benzene rings is 2. The lowest BCUT2D eigenvalue weighted by Gasteiger charge is -2.12. The van der Waals surface area contributed by atoms with Gasteiger partial charge in [-0.3, -0.25) is 9.59 Å². The molecule has 0 atom stereocenters. The van der Waals surface area contributed by atoms with Gasteiger partial charge >= 0.3 is 0 Å². The molecule has 31 heavy (non-hydrogen) atoms. The number of aromatic amines is 1. The van der Waals surface area contributed by atoms with E-state index >= 15 is 0 Å². The number of Topliss-reactive ketones (excluding diaryl/α,β-unsaturated/α-hetero) is 1. The first-order valence-electron chi connectivity index (χ1n) is 9.68. The quantitative estimate of drug-likeness (QED) is 0.637. The van der Waals surface area contributed by atoms with Crippen LogP contribution >= 0.6 is 11.3 Å². The van der Waals surface area contributed by atoms with Crippen molar-refractivity contribution in [2.75, 3.05) is 7.11 Å². The molecular weight excluding hydrogens is 417 g/mol. The van der Waals surface area contributed by atoms with Crippen LogP contribution in [0.25, 0.3) is 12.2 Å². The highest BCUT2D eigenvalue weighted by atomic mass is 32.1. The molecule has 7 heteroatoms. The predicted octanol–water partition coefficient (Wildman–Crippen LogP) is 3.39. The molecule has 0 aliphatic carbocycles. The van der Waals surface area contributed by atoms with Crippen LogP contribution in [0.1, 0.15) is 31.9 Å². The second kappa shape index (κ2) is 9.31. The van der Waals surface area contributed by atoms with Crippen LogP contribution < -0.4 is 24.2 Å². The summed E-state index contributed by atoms with van der Waals surface area (Å²) in [5.41, 5.74) is 0.820. The molecule has 1 heterocycles. The highest BCUT2D eigenvalue weighted by molar-refractivity contribution is 7.07. The van der Waals surface area contributed by atoms with Crippen LogP contribution in [0.4, 0.5) is 4.39 Å². The number of methoxy groups -OCH3 is 1. The third-order valence-electron chi connectivity index (χ3n) is 4.47. The van der Waals surface area contributed by atoms with Gasteiger partial charge < -0.3 is 14.5 Å². The zero-order chi connectivity index (χ0) is 22.6. The number of carbonyl (C=O) groups is 1. The molecule has 0 aliphatic heterocycles. The van der Waals surface area contributed by atoms with Crippen LogP contribution in [0.15, 0.2) is 47.3 Å². The number of halogens is 1. The van der Waals surface area contributed by atoms with Crippen molar-refractivity contribution in [2.45, 2.75) is 27.4 Å². The van der Waals surface area contributed by atoms with Crippen molar-refractivity contribution >= 4 is 29.3 Å². The first-order valence-corrected chi connectivity index (χ1v) is 10.5. The minimum atomic E-state index is -0.512. The molecule has 2 aromatic carbocycles. The van der Waals surface area contributed by atoms with Crippen LogP contribution in [0, 0.1) is 11.2 Å². The van der Waals surface area contributed by atoms with E-state index < -0.39 is 5.41 Å². The van der Waals surface area contributed by atoms with Gasteiger partial charge in [-0.1, -0.05) is 39.0 Å². The Labute approximate surface area is 183 Å². The molecule has 162 valence electrons. The lowest BCUT2D eigenvalue weighted by molar-refractivity contribution is -0.119. The fourth-order valence-corrected chi connectivity index (χ4v) is 3.53. The minimum Gasteiger partial charge on any atom is -0.493 e. The number of H-pyrrole nitrogens is 1. The fourth-order valence-electron chi connectivity index (χ4n) is 2.65.